The SMILES string of the molecule is C=C1CN(CC(=O)N2CC(C)(C)c3cnc(Cc4ccc(F)cc4F)cc32)[C@@H](CCN2CCCC2)CN1. The summed E-state index contributed by atoms with van der Waals surface area (Å²) in [5.74, 6) is -1.14. The number of aromatic nitrogens is 1. The van der Waals surface area contributed by atoms with Gasteiger partial charge in [-0.2, -0.15) is 0 Å². The number of likely N-dealkylation sites (tertiary alicyclic amines) is 1. The number of anilines is 1. The van der Waals surface area contributed by atoms with Crippen molar-refractivity contribution in [1.82, 2.24) is 20.1 Å². The molecule has 37 heavy (non-hydrogen) atoms. The second-order valence-corrected chi connectivity index (χ2v) is 11.3. The van der Waals surface area contributed by atoms with Crippen LogP contribution < -0.4 is 10.2 Å². The summed E-state index contributed by atoms with van der Waals surface area (Å²) < 4.78 is 27.6. The van der Waals surface area contributed by atoms with Gasteiger partial charge >= 0.3 is 0 Å². The van der Waals surface area contributed by atoms with Gasteiger partial charge < -0.3 is 15.1 Å². The predicted molar refractivity (Wildman–Crippen MR) is 142 cm³/mol. The van der Waals surface area contributed by atoms with E-state index in [-0.39, 0.29) is 23.8 Å². The molecule has 8 heteroatoms. The van der Waals surface area contributed by atoms with Gasteiger partial charge in [0.05, 0.1) is 12.2 Å². The highest BCUT2D eigenvalue weighted by Gasteiger charge is 2.39. The highest BCUT2D eigenvalue weighted by Crippen LogP contribution is 2.40. The number of hydrogen-bond acceptors (Lipinski definition) is 5. The highest BCUT2D eigenvalue weighted by molar-refractivity contribution is 5.97. The Labute approximate surface area is 218 Å². The normalized spacial score (nSPS) is 21.8. The lowest BCUT2D eigenvalue weighted by atomic mass is 9.88. The average Bonchev–Trinajstić information content (AvgIpc) is 3.46. The van der Waals surface area contributed by atoms with Crippen LogP contribution in [0.1, 0.15) is 49.9 Å². The largest absolute Gasteiger partial charge is 0.386 e. The molecule has 1 aromatic carbocycles. The molecule has 1 N–H and O–H groups in total. The molecule has 0 aliphatic carbocycles. The fourth-order valence-corrected chi connectivity index (χ4v) is 5.86. The first-order valence-corrected chi connectivity index (χ1v) is 13.3. The van der Waals surface area contributed by atoms with Gasteiger partial charge in [0, 0.05) is 66.7 Å². The van der Waals surface area contributed by atoms with Crippen LogP contribution in [0.3, 0.4) is 0 Å². The summed E-state index contributed by atoms with van der Waals surface area (Å²) in [7, 11) is 0. The number of pyridine rings is 1. The maximum Gasteiger partial charge on any atom is 0.241 e. The zero-order valence-electron chi connectivity index (χ0n) is 21.9. The predicted octanol–water partition coefficient (Wildman–Crippen LogP) is 3.85. The zero-order chi connectivity index (χ0) is 26.2. The Balaban J connectivity index is 1.32. The van der Waals surface area contributed by atoms with Crippen LogP contribution in [0.4, 0.5) is 14.5 Å². The van der Waals surface area contributed by atoms with E-state index in [1.165, 1.54) is 38.1 Å². The molecule has 1 aromatic heterocycles. The molecule has 0 saturated carbocycles. The number of carbonyl (C=O) groups excluding carboxylic acids is 1. The van der Waals surface area contributed by atoms with Crippen molar-refractivity contribution >= 4 is 11.6 Å². The van der Waals surface area contributed by atoms with Crippen LogP contribution in [0.5, 0.6) is 0 Å². The summed E-state index contributed by atoms with van der Waals surface area (Å²) in [6.07, 6.45) is 5.61. The first-order valence-electron chi connectivity index (χ1n) is 13.3. The standard InChI is InChI=1S/C29H37F2N5O/c1-20-17-35(24(15-32-20)8-11-34-9-4-5-10-34)18-28(37)36-19-29(2,3)25-16-33-23(14-27(25)36)12-21-6-7-22(30)13-26(21)31/h6-7,13-14,16,24,32H,1,4-5,8-12,15,17-19H2,2-3H3/t24-/m0/s1. The number of piperazine rings is 1. The van der Waals surface area contributed by atoms with E-state index in [0.29, 0.717) is 30.9 Å². The summed E-state index contributed by atoms with van der Waals surface area (Å²) in [6.45, 7) is 14.1. The van der Waals surface area contributed by atoms with E-state index in [1.54, 1.807) is 0 Å². The number of carbonyl (C=O) groups is 1. The Morgan fingerprint density at radius 2 is 2.00 bits per heavy atom. The lowest BCUT2D eigenvalue weighted by Gasteiger charge is -2.38. The van der Waals surface area contributed by atoms with Crippen LogP contribution in [0.2, 0.25) is 0 Å². The first kappa shape index (κ1) is 25.8. The Morgan fingerprint density at radius 3 is 2.76 bits per heavy atom. The smallest absolute Gasteiger partial charge is 0.241 e. The quantitative estimate of drug-likeness (QED) is 0.615. The van der Waals surface area contributed by atoms with Crippen molar-refractivity contribution in [3.8, 4) is 0 Å². The average molecular weight is 510 g/mol. The van der Waals surface area contributed by atoms with Gasteiger partial charge in [-0.15, -0.1) is 0 Å². The maximum absolute atomic E-state index is 14.3. The molecule has 1 atom stereocenters. The number of benzene rings is 1. The van der Waals surface area contributed by atoms with Crippen molar-refractivity contribution in [2.24, 2.45) is 0 Å². The molecule has 2 aromatic rings. The molecule has 4 heterocycles. The van der Waals surface area contributed by atoms with Crippen LogP contribution in [-0.2, 0) is 16.6 Å². The Hall–Kier alpha value is -2.84. The van der Waals surface area contributed by atoms with Crippen molar-refractivity contribution in [2.75, 3.05) is 50.7 Å². The molecular formula is C29H37F2N5O. The van der Waals surface area contributed by atoms with Gasteiger partial charge in [0.1, 0.15) is 11.6 Å². The van der Waals surface area contributed by atoms with Gasteiger partial charge in [0.25, 0.3) is 0 Å². The van der Waals surface area contributed by atoms with Gasteiger partial charge in [0.2, 0.25) is 5.91 Å². The molecule has 5 rings (SSSR count). The molecular weight excluding hydrogens is 472 g/mol. The summed E-state index contributed by atoms with van der Waals surface area (Å²) in [6, 6.07) is 5.77. The van der Waals surface area contributed by atoms with Crippen LogP contribution in [-0.4, -0.2) is 72.5 Å². The van der Waals surface area contributed by atoms with E-state index in [0.717, 1.165) is 42.5 Å². The third-order valence-electron chi connectivity index (χ3n) is 8.01. The van der Waals surface area contributed by atoms with Gasteiger partial charge in [-0.25, -0.2) is 8.78 Å². The number of hydrogen-bond donors (Lipinski definition) is 1. The summed E-state index contributed by atoms with van der Waals surface area (Å²) in [4.78, 5) is 24.9. The van der Waals surface area contributed by atoms with Crippen LogP contribution in [0, 0.1) is 11.6 Å². The molecule has 0 radical (unpaired) electrons. The Morgan fingerprint density at radius 1 is 1.22 bits per heavy atom. The third-order valence-corrected chi connectivity index (χ3v) is 8.01. The summed E-state index contributed by atoms with van der Waals surface area (Å²) in [5, 5.41) is 3.41. The second-order valence-electron chi connectivity index (χ2n) is 11.3. The van der Waals surface area contributed by atoms with Crippen molar-refractivity contribution in [3.05, 3.63) is 71.2 Å². The molecule has 1 amide bonds. The molecule has 3 aliphatic rings. The number of halogens is 2. The summed E-state index contributed by atoms with van der Waals surface area (Å²) >= 11 is 0. The molecule has 0 unspecified atom stereocenters. The fraction of sp³-hybridized carbons (Fsp3) is 0.517. The van der Waals surface area contributed by atoms with E-state index >= 15 is 0 Å². The van der Waals surface area contributed by atoms with E-state index in [9.17, 15) is 13.6 Å². The first-order chi connectivity index (χ1) is 17.7. The molecule has 0 spiro atoms. The van der Waals surface area contributed by atoms with E-state index in [1.807, 2.05) is 17.2 Å². The number of nitrogens with one attached hydrogen (secondary N) is 1. The van der Waals surface area contributed by atoms with Crippen molar-refractivity contribution < 1.29 is 13.6 Å². The van der Waals surface area contributed by atoms with Crippen LogP contribution >= 0.6 is 0 Å². The Kier molecular flexibility index (Phi) is 7.32. The van der Waals surface area contributed by atoms with Crippen molar-refractivity contribution in [1.29, 1.82) is 0 Å². The summed E-state index contributed by atoms with van der Waals surface area (Å²) in [5.41, 5.74) is 3.59. The van der Waals surface area contributed by atoms with E-state index in [4.69, 9.17) is 0 Å². The Bertz CT molecular complexity index is 1180. The topological polar surface area (TPSA) is 51.7 Å². The number of rotatable bonds is 7. The van der Waals surface area contributed by atoms with Gasteiger partial charge in [-0.3, -0.25) is 14.7 Å². The third kappa shape index (κ3) is 5.70. The van der Waals surface area contributed by atoms with Crippen molar-refractivity contribution in [3.63, 3.8) is 0 Å². The van der Waals surface area contributed by atoms with E-state index < -0.39 is 11.6 Å². The molecule has 2 fully saturated rings. The minimum atomic E-state index is -0.601. The van der Waals surface area contributed by atoms with E-state index in [2.05, 4.69) is 40.5 Å². The van der Waals surface area contributed by atoms with Crippen LogP contribution in [0.25, 0.3) is 0 Å². The molecule has 3 aliphatic heterocycles. The number of amides is 1. The minimum absolute atomic E-state index is 0.0535. The molecule has 6 nitrogen and oxygen atoms in total. The van der Waals surface area contributed by atoms with Gasteiger partial charge in [-0.05, 0) is 56.6 Å². The highest BCUT2D eigenvalue weighted by atomic mass is 19.1. The molecule has 198 valence electrons. The monoisotopic (exact) mass is 509 g/mol. The van der Waals surface area contributed by atoms with Crippen molar-refractivity contribution in [2.45, 2.75) is 51.0 Å². The lowest BCUT2D eigenvalue weighted by Crippen LogP contribution is -2.54. The maximum atomic E-state index is 14.3. The second kappa shape index (κ2) is 10.5. The molecule has 2 saturated heterocycles. The van der Waals surface area contributed by atoms with Gasteiger partial charge in [0.15, 0.2) is 0 Å². The van der Waals surface area contributed by atoms with Crippen LogP contribution in [0.15, 0.2) is 42.7 Å². The number of nitrogens with zero attached hydrogens (tertiary/aromatic N) is 4. The molecule has 0 bridgehead atoms. The lowest BCUT2D eigenvalue weighted by molar-refractivity contribution is -0.120. The zero-order valence-corrected chi connectivity index (χ0v) is 21.9. The number of fused-ring (bicyclic) bond motifs is 1. The fourth-order valence-electron chi connectivity index (χ4n) is 5.86. The minimum Gasteiger partial charge on any atom is -0.386 e. The van der Waals surface area contributed by atoms with Gasteiger partial charge in [-0.1, -0.05) is 26.5 Å².